The molecule has 0 radical (unpaired) electrons. The van der Waals surface area contributed by atoms with Crippen LogP contribution in [-0.2, 0) is 16.6 Å². The lowest BCUT2D eigenvalue weighted by atomic mass is 10.2. The van der Waals surface area contributed by atoms with E-state index in [1.807, 2.05) is 0 Å². The summed E-state index contributed by atoms with van der Waals surface area (Å²) in [6.07, 6.45) is 5.05. The molecule has 20 heavy (non-hydrogen) atoms. The van der Waals surface area contributed by atoms with Crippen LogP contribution in [0.25, 0.3) is 0 Å². The van der Waals surface area contributed by atoms with Crippen molar-refractivity contribution in [3.05, 3.63) is 17.1 Å². The molecule has 3 N–H and O–H groups in total. The highest BCUT2D eigenvalue weighted by Crippen LogP contribution is 2.25. The minimum absolute atomic E-state index is 0.160. The summed E-state index contributed by atoms with van der Waals surface area (Å²) in [7, 11) is -3.53. The van der Waals surface area contributed by atoms with Crippen LogP contribution in [0, 0.1) is 13.8 Å². The second-order valence-electron chi connectivity index (χ2n) is 4.68. The Kier molecular flexibility index (Phi) is 7.08. The van der Waals surface area contributed by atoms with Crippen LogP contribution in [0.5, 0.6) is 0 Å². The molecule has 116 valence electrons. The lowest BCUT2D eigenvalue weighted by Crippen LogP contribution is -2.26. The highest BCUT2D eigenvalue weighted by molar-refractivity contribution is 7.98. The van der Waals surface area contributed by atoms with Crippen LogP contribution in [0.1, 0.15) is 36.3 Å². The van der Waals surface area contributed by atoms with Crippen molar-refractivity contribution in [3.63, 3.8) is 0 Å². The third-order valence-electron chi connectivity index (χ3n) is 3.12. The smallest absolute Gasteiger partial charge is 0.244 e. The zero-order valence-electron chi connectivity index (χ0n) is 12.4. The second kappa shape index (κ2) is 8.07. The van der Waals surface area contributed by atoms with Gasteiger partial charge in [-0.2, -0.15) is 11.8 Å². The third-order valence-corrected chi connectivity index (χ3v) is 5.47. The van der Waals surface area contributed by atoms with E-state index in [1.54, 1.807) is 25.6 Å². The molecule has 0 unspecified atom stereocenters. The summed E-state index contributed by atoms with van der Waals surface area (Å²) in [6, 6.07) is 0. The van der Waals surface area contributed by atoms with Gasteiger partial charge in [0, 0.05) is 18.7 Å². The van der Waals surface area contributed by atoms with E-state index in [0.717, 1.165) is 25.0 Å². The minimum atomic E-state index is -3.53. The Labute approximate surface area is 125 Å². The molecule has 1 aromatic rings. The van der Waals surface area contributed by atoms with Gasteiger partial charge < -0.3 is 10.2 Å². The molecular formula is C13H24N2O3S2. The Bertz CT molecular complexity index is 524. The van der Waals surface area contributed by atoms with Gasteiger partial charge in [0.05, 0.1) is 0 Å². The monoisotopic (exact) mass is 320 g/mol. The third kappa shape index (κ3) is 4.51. The summed E-state index contributed by atoms with van der Waals surface area (Å²) < 4.78 is 32.6. The SMILES string of the molecule is CSCCCCCNS(=O)(=O)c1c(C)oc(C)c1CN. The predicted octanol–water partition coefficient (Wildman–Crippen LogP) is 2.17. The van der Waals surface area contributed by atoms with Crippen molar-refractivity contribution in [2.75, 3.05) is 18.6 Å². The van der Waals surface area contributed by atoms with Crippen LogP contribution in [-0.4, -0.2) is 27.0 Å². The lowest BCUT2D eigenvalue weighted by molar-refractivity contribution is 0.494. The van der Waals surface area contributed by atoms with Gasteiger partial charge in [0.25, 0.3) is 0 Å². The number of sulfonamides is 1. The van der Waals surface area contributed by atoms with Crippen molar-refractivity contribution in [2.24, 2.45) is 5.73 Å². The van der Waals surface area contributed by atoms with Crippen molar-refractivity contribution < 1.29 is 12.8 Å². The normalized spacial score (nSPS) is 12.0. The fraction of sp³-hybridized carbons (Fsp3) is 0.692. The fourth-order valence-electron chi connectivity index (χ4n) is 2.12. The predicted molar refractivity (Wildman–Crippen MR) is 83.5 cm³/mol. The van der Waals surface area contributed by atoms with E-state index >= 15 is 0 Å². The average molecular weight is 320 g/mol. The first-order valence-electron chi connectivity index (χ1n) is 6.71. The standard InChI is InChI=1S/C13H24N2O3S2/c1-10-12(9-14)13(11(2)18-10)20(16,17)15-7-5-4-6-8-19-3/h15H,4-9,14H2,1-3H3. The Morgan fingerprint density at radius 3 is 2.50 bits per heavy atom. The van der Waals surface area contributed by atoms with E-state index in [2.05, 4.69) is 11.0 Å². The molecule has 0 aliphatic carbocycles. The summed E-state index contributed by atoms with van der Waals surface area (Å²) in [5, 5.41) is 0. The van der Waals surface area contributed by atoms with E-state index in [4.69, 9.17) is 10.2 Å². The number of nitrogens with two attached hydrogens (primary N) is 1. The molecule has 0 amide bonds. The summed E-state index contributed by atoms with van der Waals surface area (Å²) in [5.41, 5.74) is 6.18. The van der Waals surface area contributed by atoms with Crippen LogP contribution in [0.15, 0.2) is 9.31 Å². The van der Waals surface area contributed by atoms with Crippen molar-refractivity contribution >= 4 is 21.8 Å². The number of furan rings is 1. The molecule has 0 atom stereocenters. The summed E-state index contributed by atoms with van der Waals surface area (Å²) in [5.74, 6) is 2.09. The summed E-state index contributed by atoms with van der Waals surface area (Å²) in [4.78, 5) is 0.210. The van der Waals surface area contributed by atoms with Crippen LogP contribution < -0.4 is 10.5 Å². The summed E-state index contributed by atoms with van der Waals surface area (Å²) >= 11 is 1.81. The molecule has 0 aliphatic heterocycles. The van der Waals surface area contributed by atoms with Crippen LogP contribution in [0.4, 0.5) is 0 Å². The Balaban J connectivity index is 2.65. The number of hydrogen-bond donors (Lipinski definition) is 2. The van der Waals surface area contributed by atoms with Gasteiger partial charge in [0.1, 0.15) is 16.4 Å². The molecule has 0 saturated heterocycles. The zero-order chi connectivity index (χ0) is 15.2. The van der Waals surface area contributed by atoms with Gasteiger partial charge >= 0.3 is 0 Å². The molecule has 1 rings (SSSR count). The molecule has 0 saturated carbocycles. The number of nitrogens with one attached hydrogen (secondary N) is 1. The van der Waals surface area contributed by atoms with E-state index < -0.39 is 10.0 Å². The summed E-state index contributed by atoms with van der Waals surface area (Å²) in [6.45, 7) is 3.99. The Hall–Kier alpha value is -0.500. The van der Waals surface area contributed by atoms with Crippen molar-refractivity contribution in [1.29, 1.82) is 0 Å². The first-order chi connectivity index (χ1) is 9.44. The van der Waals surface area contributed by atoms with Crippen LogP contribution in [0.3, 0.4) is 0 Å². The molecule has 0 fully saturated rings. The Morgan fingerprint density at radius 2 is 1.90 bits per heavy atom. The maximum atomic E-state index is 12.3. The zero-order valence-corrected chi connectivity index (χ0v) is 14.0. The van der Waals surface area contributed by atoms with Crippen molar-refractivity contribution in [3.8, 4) is 0 Å². The van der Waals surface area contributed by atoms with Gasteiger partial charge in [-0.05, 0) is 38.7 Å². The van der Waals surface area contributed by atoms with Crippen molar-refractivity contribution in [2.45, 2.75) is 44.6 Å². The van der Waals surface area contributed by atoms with Crippen LogP contribution >= 0.6 is 11.8 Å². The molecule has 1 heterocycles. The number of hydrogen-bond acceptors (Lipinski definition) is 5. The molecule has 5 nitrogen and oxygen atoms in total. The topological polar surface area (TPSA) is 85.3 Å². The molecule has 0 spiro atoms. The van der Waals surface area contributed by atoms with Gasteiger partial charge in [-0.1, -0.05) is 6.42 Å². The first-order valence-corrected chi connectivity index (χ1v) is 9.59. The maximum Gasteiger partial charge on any atom is 0.244 e. The maximum absolute atomic E-state index is 12.3. The average Bonchev–Trinajstić information content (AvgIpc) is 2.68. The molecule has 0 aromatic carbocycles. The van der Waals surface area contributed by atoms with E-state index in [-0.39, 0.29) is 11.4 Å². The Morgan fingerprint density at radius 1 is 1.20 bits per heavy atom. The van der Waals surface area contributed by atoms with E-state index in [1.165, 1.54) is 0 Å². The van der Waals surface area contributed by atoms with Gasteiger partial charge in [-0.15, -0.1) is 0 Å². The highest BCUT2D eigenvalue weighted by Gasteiger charge is 2.25. The van der Waals surface area contributed by atoms with Gasteiger partial charge in [-0.25, -0.2) is 13.1 Å². The van der Waals surface area contributed by atoms with Crippen LogP contribution in [0.2, 0.25) is 0 Å². The number of unbranched alkanes of at least 4 members (excludes halogenated alkanes) is 2. The molecule has 0 bridgehead atoms. The van der Waals surface area contributed by atoms with E-state index in [0.29, 0.717) is 23.6 Å². The second-order valence-corrected chi connectivity index (χ2v) is 7.37. The number of thioether (sulfide) groups is 1. The van der Waals surface area contributed by atoms with Gasteiger partial charge in [0.15, 0.2) is 0 Å². The van der Waals surface area contributed by atoms with Gasteiger partial charge in [-0.3, -0.25) is 0 Å². The molecule has 0 aliphatic rings. The lowest BCUT2D eigenvalue weighted by Gasteiger charge is -2.07. The molecule has 1 aromatic heterocycles. The highest BCUT2D eigenvalue weighted by atomic mass is 32.2. The largest absolute Gasteiger partial charge is 0.465 e. The molecular weight excluding hydrogens is 296 g/mol. The number of aryl methyl sites for hydroxylation is 2. The van der Waals surface area contributed by atoms with E-state index in [9.17, 15) is 8.42 Å². The fourth-order valence-corrected chi connectivity index (χ4v) is 4.15. The van der Waals surface area contributed by atoms with Crippen molar-refractivity contribution in [1.82, 2.24) is 4.72 Å². The number of rotatable bonds is 9. The molecule has 7 heteroatoms. The minimum Gasteiger partial charge on any atom is -0.465 e. The quantitative estimate of drug-likeness (QED) is 0.681. The first kappa shape index (κ1) is 17.6. The van der Waals surface area contributed by atoms with Gasteiger partial charge in [0.2, 0.25) is 10.0 Å².